The first-order chi connectivity index (χ1) is 13.1. The minimum absolute atomic E-state index is 0.119. The van der Waals surface area contributed by atoms with E-state index < -0.39 is 0 Å². The van der Waals surface area contributed by atoms with Crippen molar-refractivity contribution in [3.8, 4) is 0 Å². The molecule has 0 radical (unpaired) electrons. The number of aryl methyl sites for hydroxylation is 1. The van der Waals surface area contributed by atoms with Crippen molar-refractivity contribution >= 4 is 11.7 Å². The molecule has 0 unspecified atom stereocenters. The SMILES string of the molecule is CCCc1cc(C(=O)NC2CC(c3cc(N4CC[C@H](O)C4)ncn3)C2)n[nH]1. The molecule has 1 saturated heterocycles. The summed E-state index contributed by atoms with van der Waals surface area (Å²) < 4.78 is 0. The van der Waals surface area contributed by atoms with E-state index in [0.717, 1.165) is 55.9 Å². The molecule has 0 spiro atoms. The fourth-order valence-corrected chi connectivity index (χ4v) is 3.82. The fourth-order valence-electron chi connectivity index (χ4n) is 3.82. The van der Waals surface area contributed by atoms with E-state index in [1.807, 2.05) is 12.1 Å². The number of amides is 1. The van der Waals surface area contributed by atoms with Crippen molar-refractivity contribution in [2.24, 2.45) is 0 Å². The number of aromatic nitrogens is 4. The third-order valence-electron chi connectivity index (χ3n) is 5.44. The van der Waals surface area contributed by atoms with Crippen molar-refractivity contribution in [1.29, 1.82) is 0 Å². The van der Waals surface area contributed by atoms with E-state index in [0.29, 0.717) is 18.2 Å². The van der Waals surface area contributed by atoms with Gasteiger partial charge in [-0.3, -0.25) is 9.89 Å². The molecule has 2 aliphatic rings. The van der Waals surface area contributed by atoms with E-state index in [9.17, 15) is 9.90 Å². The number of carbonyl (C=O) groups is 1. The van der Waals surface area contributed by atoms with Crippen LogP contribution in [0.25, 0.3) is 0 Å². The topological polar surface area (TPSA) is 107 Å². The molecule has 4 rings (SSSR count). The number of anilines is 1. The molecule has 1 atom stereocenters. The third kappa shape index (κ3) is 3.95. The highest BCUT2D eigenvalue weighted by atomic mass is 16.3. The number of aliphatic hydroxyl groups is 1. The van der Waals surface area contributed by atoms with E-state index in [1.165, 1.54) is 0 Å². The number of carbonyl (C=O) groups excluding carboxylic acids is 1. The van der Waals surface area contributed by atoms with Crippen LogP contribution in [-0.4, -0.2) is 56.4 Å². The maximum Gasteiger partial charge on any atom is 0.271 e. The van der Waals surface area contributed by atoms with Gasteiger partial charge < -0.3 is 15.3 Å². The Kier molecular flexibility index (Phi) is 5.07. The van der Waals surface area contributed by atoms with Gasteiger partial charge in [-0.25, -0.2) is 9.97 Å². The molecule has 1 aliphatic carbocycles. The van der Waals surface area contributed by atoms with Crippen molar-refractivity contribution < 1.29 is 9.90 Å². The lowest BCUT2D eigenvalue weighted by Gasteiger charge is -2.35. The summed E-state index contributed by atoms with van der Waals surface area (Å²) in [5.74, 6) is 1.09. The molecule has 8 heteroatoms. The highest BCUT2D eigenvalue weighted by Gasteiger charge is 2.33. The minimum Gasteiger partial charge on any atom is -0.391 e. The highest BCUT2D eigenvalue weighted by molar-refractivity contribution is 5.92. The van der Waals surface area contributed by atoms with Crippen molar-refractivity contribution in [1.82, 2.24) is 25.5 Å². The summed E-state index contributed by atoms with van der Waals surface area (Å²) in [6, 6.07) is 4.00. The summed E-state index contributed by atoms with van der Waals surface area (Å²) in [6.07, 6.45) is 5.77. The van der Waals surface area contributed by atoms with Crippen molar-refractivity contribution in [2.75, 3.05) is 18.0 Å². The number of aromatic amines is 1. The Labute approximate surface area is 158 Å². The lowest BCUT2D eigenvalue weighted by molar-refractivity contribution is 0.0903. The van der Waals surface area contributed by atoms with Crippen molar-refractivity contribution in [3.05, 3.63) is 35.5 Å². The fraction of sp³-hybridized carbons (Fsp3) is 0.579. The molecular formula is C19H26N6O2. The second-order valence-corrected chi connectivity index (χ2v) is 7.56. The molecule has 2 aromatic heterocycles. The number of H-pyrrole nitrogens is 1. The predicted octanol–water partition coefficient (Wildman–Crippen LogP) is 1.40. The smallest absolute Gasteiger partial charge is 0.271 e. The highest BCUT2D eigenvalue weighted by Crippen LogP contribution is 2.37. The first kappa shape index (κ1) is 17.9. The normalized spacial score (nSPS) is 24.7. The van der Waals surface area contributed by atoms with Crippen LogP contribution < -0.4 is 10.2 Å². The molecule has 2 fully saturated rings. The summed E-state index contributed by atoms with van der Waals surface area (Å²) in [5.41, 5.74) is 2.46. The Morgan fingerprint density at radius 1 is 1.37 bits per heavy atom. The van der Waals surface area contributed by atoms with Gasteiger partial charge in [-0.05, 0) is 31.7 Å². The molecule has 3 heterocycles. The zero-order valence-electron chi connectivity index (χ0n) is 15.6. The number of nitrogens with one attached hydrogen (secondary N) is 2. The van der Waals surface area contributed by atoms with Crippen LogP contribution in [0.15, 0.2) is 18.5 Å². The zero-order valence-corrected chi connectivity index (χ0v) is 15.6. The van der Waals surface area contributed by atoms with Gasteiger partial charge in [0.1, 0.15) is 17.8 Å². The van der Waals surface area contributed by atoms with Gasteiger partial charge >= 0.3 is 0 Å². The maximum absolute atomic E-state index is 12.3. The van der Waals surface area contributed by atoms with Gasteiger partial charge in [0.15, 0.2) is 0 Å². The van der Waals surface area contributed by atoms with E-state index in [1.54, 1.807) is 6.33 Å². The summed E-state index contributed by atoms with van der Waals surface area (Å²) in [6.45, 7) is 3.55. The molecule has 27 heavy (non-hydrogen) atoms. The predicted molar refractivity (Wildman–Crippen MR) is 101 cm³/mol. The minimum atomic E-state index is -0.272. The average molecular weight is 370 g/mol. The number of hydrogen-bond donors (Lipinski definition) is 3. The molecule has 0 bridgehead atoms. The van der Waals surface area contributed by atoms with Gasteiger partial charge in [0.25, 0.3) is 5.91 Å². The molecule has 1 saturated carbocycles. The number of rotatable bonds is 6. The largest absolute Gasteiger partial charge is 0.391 e. The van der Waals surface area contributed by atoms with Gasteiger partial charge in [0.2, 0.25) is 0 Å². The van der Waals surface area contributed by atoms with Crippen LogP contribution in [0.2, 0.25) is 0 Å². The van der Waals surface area contributed by atoms with E-state index in [4.69, 9.17) is 0 Å². The van der Waals surface area contributed by atoms with Gasteiger partial charge in [-0.2, -0.15) is 5.10 Å². The quantitative estimate of drug-likeness (QED) is 0.710. The Bertz CT molecular complexity index is 801. The summed E-state index contributed by atoms with van der Waals surface area (Å²) in [4.78, 5) is 23.2. The van der Waals surface area contributed by atoms with Crippen molar-refractivity contribution in [3.63, 3.8) is 0 Å². The van der Waals surface area contributed by atoms with Crippen LogP contribution in [0.4, 0.5) is 5.82 Å². The lowest BCUT2D eigenvalue weighted by Crippen LogP contribution is -2.43. The van der Waals surface area contributed by atoms with Crippen molar-refractivity contribution in [2.45, 2.75) is 57.1 Å². The van der Waals surface area contributed by atoms with Crippen LogP contribution in [0.3, 0.4) is 0 Å². The Morgan fingerprint density at radius 2 is 2.22 bits per heavy atom. The molecule has 1 aliphatic heterocycles. The van der Waals surface area contributed by atoms with Crippen LogP contribution in [0.5, 0.6) is 0 Å². The zero-order chi connectivity index (χ0) is 18.8. The third-order valence-corrected chi connectivity index (χ3v) is 5.44. The number of hydrogen-bond acceptors (Lipinski definition) is 6. The molecule has 1 amide bonds. The Hall–Kier alpha value is -2.48. The van der Waals surface area contributed by atoms with Crippen LogP contribution >= 0.6 is 0 Å². The monoisotopic (exact) mass is 370 g/mol. The summed E-state index contributed by atoms with van der Waals surface area (Å²) in [5, 5.41) is 19.8. The Balaban J connectivity index is 1.31. The van der Waals surface area contributed by atoms with Gasteiger partial charge in [0.05, 0.1) is 6.10 Å². The lowest BCUT2D eigenvalue weighted by atomic mass is 9.78. The summed E-state index contributed by atoms with van der Waals surface area (Å²) in [7, 11) is 0. The second-order valence-electron chi connectivity index (χ2n) is 7.56. The van der Waals surface area contributed by atoms with Crippen LogP contribution in [-0.2, 0) is 6.42 Å². The molecular weight excluding hydrogens is 344 g/mol. The molecule has 3 N–H and O–H groups in total. The Morgan fingerprint density at radius 3 is 2.96 bits per heavy atom. The first-order valence-electron chi connectivity index (χ1n) is 9.72. The van der Waals surface area contributed by atoms with Gasteiger partial charge in [0, 0.05) is 42.5 Å². The average Bonchev–Trinajstić information content (AvgIpc) is 3.27. The molecule has 144 valence electrons. The number of aliphatic hydroxyl groups excluding tert-OH is 1. The molecule has 0 aromatic carbocycles. The molecule has 8 nitrogen and oxygen atoms in total. The van der Waals surface area contributed by atoms with E-state index in [2.05, 4.69) is 37.3 Å². The van der Waals surface area contributed by atoms with Crippen LogP contribution in [0, 0.1) is 0 Å². The van der Waals surface area contributed by atoms with E-state index >= 15 is 0 Å². The number of nitrogens with zero attached hydrogens (tertiary/aromatic N) is 4. The van der Waals surface area contributed by atoms with E-state index in [-0.39, 0.29) is 18.1 Å². The standard InChI is InChI=1S/C19H26N6O2/c1-2-3-13-8-17(24-23-13)19(27)22-14-6-12(7-14)16-9-18(21-11-20-16)25-5-4-15(26)10-25/h8-9,11-12,14-15,26H,2-7,10H2,1H3,(H,22,27)(H,23,24)/t12?,14?,15-/m0/s1. The van der Waals surface area contributed by atoms with Crippen LogP contribution in [0.1, 0.15) is 60.4 Å². The second kappa shape index (κ2) is 7.64. The summed E-state index contributed by atoms with van der Waals surface area (Å²) >= 11 is 0. The maximum atomic E-state index is 12.3. The van der Waals surface area contributed by atoms with Gasteiger partial charge in [-0.15, -0.1) is 0 Å². The molecule has 2 aromatic rings. The number of β-amino-alcohol motifs (C(OH)–C–C–N with tert-alkyl or cyclic N) is 1. The first-order valence-corrected chi connectivity index (χ1v) is 9.72. The van der Waals surface area contributed by atoms with Gasteiger partial charge in [-0.1, -0.05) is 13.3 Å².